The second-order valence-electron chi connectivity index (χ2n) is 6.57. The molecule has 2 nitrogen and oxygen atoms in total. The van der Waals surface area contributed by atoms with E-state index in [1.807, 2.05) is 12.4 Å². The maximum atomic E-state index is 4.16. The van der Waals surface area contributed by atoms with Crippen molar-refractivity contribution in [2.45, 2.75) is 45.2 Å². The van der Waals surface area contributed by atoms with E-state index in [0.717, 1.165) is 6.54 Å². The molecular weight excluding hydrogens is 292 g/mol. The van der Waals surface area contributed by atoms with E-state index in [9.17, 15) is 0 Å². The van der Waals surface area contributed by atoms with Gasteiger partial charge in [0.1, 0.15) is 0 Å². The Labute approximate surface area is 144 Å². The van der Waals surface area contributed by atoms with Crippen molar-refractivity contribution in [3.8, 4) is 0 Å². The molecule has 0 bridgehead atoms. The fourth-order valence-electron chi connectivity index (χ4n) is 3.06. The molecule has 0 saturated heterocycles. The highest BCUT2D eigenvalue weighted by Gasteiger charge is 2.03. The molecule has 1 aromatic heterocycles. The van der Waals surface area contributed by atoms with E-state index in [4.69, 9.17) is 0 Å². The summed E-state index contributed by atoms with van der Waals surface area (Å²) >= 11 is 0. The van der Waals surface area contributed by atoms with Gasteiger partial charge in [-0.25, -0.2) is 0 Å². The summed E-state index contributed by atoms with van der Waals surface area (Å²) in [5, 5.41) is 6.11. The lowest BCUT2D eigenvalue weighted by molar-refractivity contribution is 0.489. The number of hydrogen-bond donors (Lipinski definition) is 1. The molecule has 3 aromatic rings. The summed E-state index contributed by atoms with van der Waals surface area (Å²) in [5.41, 5.74) is 2.79. The van der Waals surface area contributed by atoms with Crippen molar-refractivity contribution in [2.75, 3.05) is 0 Å². The van der Waals surface area contributed by atoms with Gasteiger partial charge in [0.2, 0.25) is 0 Å². The number of unbranched alkanes of at least 4 members (excludes halogenated alkanes) is 1. The third kappa shape index (κ3) is 4.90. The van der Waals surface area contributed by atoms with Gasteiger partial charge >= 0.3 is 0 Å². The molecule has 0 amide bonds. The van der Waals surface area contributed by atoms with Crippen molar-refractivity contribution in [2.24, 2.45) is 0 Å². The summed E-state index contributed by atoms with van der Waals surface area (Å²) < 4.78 is 0. The van der Waals surface area contributed by atoms with Crippen LogP contribution in [0.5, 0.6) is 0 Å². The zero-order valence-corrected chi connectivity index (χ0v) is 14.4. The van der Waals surface area contributed by atoms with Gasteiger partial charge in [-0.3, -0.25) is 4.98 Å². The van der Waals surface area contributed by atoms with Gasteiger partial charge in [0.25, 0.3) is 0 Å². The molecule has 0 saturated carbocycles. The normalized spacial score (nSPS) is 12.4. The van der Waals surface area contributed by atoms with Crippen LogP contribution in [-0.4, -0.2) is 11.0 Å². The number of hydrogen-bond acceptors (Lipinski definition) is 2. The Bertz CT molecular complexity index is 752. The number of nitrogens with one attached hydrogen (secondary N) is 1. The minimum atomic E-state index is 0.550. The minimum Gasteiger partial charge on any atom is -0.310 e. The molecule has 0 fully saturated rings. The molecule has 0 unspecified atom stereocenters. The molecular formula is C22H26N2. The quantitative estimate of drug-likeness (QED) is 0.583. The van der Waals surface area contributed by atoms with Crippen molar-refractivity contribution in [1.82, 2.24) is 10.3 Å². The Morgan fingerprint density at radius 3 is 2.67 bits per heavy atom. The third-order valence-corrected chi connectivity index (χ3v) is 4.56. The first kappa shape index (κ1) is 16.7. The van der Waals surface area contributed by atoms with Crippen LogP contribution in [0.3, 0.4) is 0 Å². The highest BCUT2D eigenvalue weighted by atomic mass is 14.9. The lowest BCUT2D eigenvalue weighted by Gasteiger charge is -2.14. The van der Waals surface area contributed by atoms with E-state index < -0.39 is 0 Å². The first-order chi connectivity index (χ1) is 11.8. The lowest BCUT2D eigenvalue weighted by atomic mass is 10.0. The van der Waals surface area contributed by atoms with E-state index in [2.05, 4.69) is 71.8 Å². The Kier molecular flexibility index (Phi) is 5.97. The second kappa shape index (κ2) is 8.60. The average molecular weight is 318 g/mol. The summed E-state index contributed by atoms with van der Waals surface area (Å²) in [6.45, 7) is 3.21. The van der Waals surface area contributed by atoms with Crippen LogP contribution in [0.2, 0.25) is 0 Å². The lowest BCUT2D eigenvalue weighted by Crippen LogP contribution is -2.25. The van der Waals surface area contributed by atoms with E-state index in [0.29, 0.717) is 6.04 Å². The molecule has 1 N–H and O–H groups in total. The summed E-state index contributed by atoms with van der Waals surface area (Å²) in [6, 6.07) is 20.0. The number of aryl methyl sites for hydroxylation is 1. The number of fused-ring (bicyclic) bond motifs is 1. The zero-order valence-electron chi connectivity index (χ0n) is 14.4. The molecule has 2 aromatic carbocycles. The highest BCUT2D eigenvalue weighted by Crippen LogP contribution is 2.15. The van der Waals surface area contributed by atoms with Crippen LogP contribution in [0.25, 0.3) is 10.8 Å². The molecule has 0 aliphatic carbocycles. The van der Waals surface area contributed by atoms with Crippen LogP contribution in [0, 0.1) is 0 Å². The molecule has 1 heterocycles. The van der Waals surface area contributed by atoms with Crippen molar-refractivity contribution in [1.29, 1.82) is 0 Å². The first-order valence-electron chi connectivity index (χ1n) is 8.91. The van der Waals surface area contributed by atoms with Gasteiger partial charge in [0, 0.05) is 30.4 Å². The van der Waals surface area contributed by atoms with Gasteiger partial charge in [-0.1, -0.05) is 48.9 Å². The van der Waals surface area contributed by atoms with Gasteiger partial charge in [-0.15, -0.1) is 0 Å². The van der Waals surface area contributed by atoms with Crippen LogP contribution < -0.4 is 5.32 Å². The standard InChI is InChI=1S/C22H26N2/c1-18(7-5-6-10-19-8-3-2-4-9-19)24-16-20-11-12-22-17-23-14-13-21(22)15-20/h2-4,8-9,11-15,17-18,24H,5-7,10,16H2,1H3/t18-/m0/s1. The zero-order chi connectivity index (χ0) is 16.6. The molecule has 0 aliphatic rings. The number of rotatable bonds is 8. The van der Waals surface area contributed by atoms with Gasteiger partial charge in [-0.2, -0.15) is 0 Å². The fourth-order valence-corrected chi connectivity index (χ4v) is 3.06. The van der Waals surface area contributed by atoms with Crippen LogP contribution in [-0.2, 0) is 13.0 Å². The molecule has 0 aliphatic heterocycles. The summed E-state index contributed by atoms with van der Waals surface area (Å²) in [5.74, 6) is 0. The monoisotopic (exact) mass is 318 g/mol. The van der Waals surface area contributed by atoms with Crippen LogP contribution >= 0.6 is 0 Å². The van der Waals surface area contributed by atoms with Crippen molar-refractivity contribution in [3.05, 3.63) is 78.1 Å². The number of pyridine rings is 1. The Morgan fingerprint density at radius 1 is 0.917 bits per heavy atom. The predicted molar refractivity (Wildman–Crippen MR) is 102 cm³/mol. The highest BCUT2D eigenvalue weighted by molar-refractivity contribution is 5.81. The molecule has 24 heavy (non-hydrogen) atoms. The van der Waals surface area contributed by atoms with E-state index >= 15 is 0 Å². The van der Waals surface area contributed by atoms with Crippen LogP contribution in [0.1, 0.15) is 37.3 Å². The topological polar surface area (TPSA) is 24.9 Å². The average Bonchev–Trinajstić information content (AvgIpc) is 2.64. The van der Waals surface area contributed by atoms with Gasteiger partial charge in [0.05, 0.1) is 0 Å². The Hall–Kier alpha value is -2.19. The van der Waals surface area contributed by atoms with Gasteiger partial charge in [0.15, 0.2) is 0 Å². The van der Waals surface area contributed by atoms with Gasteiger partial charge < -0.3 is 5.32 Å². The minimum absolute atomic E-state index is 0.550. The largest absolute Gasteiger partial charge is 0.310 e. The molecule has 0 radical (unpaired) electrons. The van der Waals surface area contributed by atoms with Crippen molar-refractivity contribution < 1.29 is 0 Å². The van der Waals surface area contributed by atoms with E-state index in [1.165, 1.54) is 47.6 Å². The SMILES string of the molecule is C[C@@H](CCCCc1ccccc1)NCc1ccc2cnccc2c1. The Morgan fingerprint density at radius 2 is 1.79 bits per heavy atom. The number of nitrogens with zero attached hydrogens (tertiary/aromatic N) is 1. The predicted octanol–water partition coefficient (Wildman–Crippen LogP) is 5.13. The Balaban J connectivity index is 1.39. The van der Waals surface area contributed by atoms with Crippen LogP contribution in [0.15, 0.2) is 67.0 Å². The number of benzene rings is 2. The third-order valence-electron chi connectivity index (χ3n) is 4.56. The second-order valence-corrected chi connectivity index (χ2v) is 6.57. The smallest absolute Gasteiger partial charge is 0.0346 e. The summed E-state index contributed by atoms with van der Waals surface area (Å²) in [7, 11) is 0. The summed E-state index contributed by atoms with van der Waals surface area (Å²) in [4.78, 5) is 4.16. The maximum Gasteiger partial charge on any atom is 0.0346 e. The molecule has 1 atom stereocenters. The maximum absolute atomic E-state index is 4.16. The first-order valence-corrected chi connectivity index (χ1v) is 8.91. The summed E-state index contributed by atoms with van der Waals surface area (Å²) in [6.07, 6.45) is 8.72. The molecule has 3 rings (SSSR count). The van der Waals surface area contributed by atoms with E-state index in [1.54, 1.807) is 0 Å². The molecule has 124 valence electrons. The molecule has 2 heteroatoms. The molecule has 0 spiro atoms. The number of aromatic nitrogens is 1. The van der Waals surface area contributed by atoms with Crippen LogP contribution in [0.4, 0.5) is 0 Å². The van der Waals surface area contributed by atoms with Gasteiger partial charge in [-0.05, 0) is 54.8 Å². The van der Waals surface area contributed by atoms with Crippen molar-refractivity contribution in [3.63, 3.8) is 0 Å². The fraction of sp³-hybridized carbons (Fsp3) is 0.318. The van der Waals surface area contributed by atoms with E-state index in [-0.39, 0.29) is 0 Å². The van der Waals surface area contributed by atoms with Crippen molar-refractivity contribution >= 4 is 10.8 Å².